The van der Waals surface area contributed by atoms with Crippen LogP contribution in [0.3, 0.4) is 0 Å². The Balaban J connectivity index is 2.14. The first-order valence-corrected chi connectivity index (χ1v) is 8.66. The van der Waals surface area contributed by atoms with Crippen LogP contribution in [-0.2, 0) is 11.4 Å². The molecule has 27 heavy (non-hydrogen) atoms. The van der Waals surface area contributed by atoms with E-state index in [0.29, 0.717) is 23.6 Å². The van der Waals surface area contributed by atoms with Gasteiger partial charge in [0.2, 0.25) is 0 Å². The molecule has 0 aliphatic carbocycles. The van der Waals surface area contributed by atoms with Crippen molar-refractivity contribution in [1.29, 1.82) is 0 Å². The zero-order valence-electron chi connectivity index (χ0n) is 15.6. The van der Waals surface area contributed by atoms with Crippen LogP contribution in [0.4, 0.5) is 0 Å². The number of hydrogen-bond acceptors (Lipinski definition) is 4. The molecule has 0 fully saturated rings. The van der Waals surface area contributed by atoms with E-state index in [1.165, 1.54) is 13.8 Å². The number of esters is 1. The van der Waals surface area contributed by atoms with Crippen molar-refractivity contribution in [2.24, 2.45) is 0 Å². The van der Waals surface area contributed by atoms with Crippen molar-refractivity contribution < 1.29 is 19.2 Å². The third-order valence-electron chi connectivity index (χ3n) is 4.15. The van der Waals surface area contributed by atoms with Crippen molar-refractivity contribution in [3.05, 3.63) is 77.5 Å². The molecule has 3 rings (SSSR count). The second kappa shape index (κ2) is 7.91. The van der Waals surface area contributed by atoms with E-state index in [9.17, 15) is 9.59 Å². The van der Waals surface area contributed by atoms with Crippen molar-refractivity contribution in [1.82, 2.24) is 4.73 Å². The second-order valence-corrected chi connectivity index (χ2v) is 6.21. The number of hydrogen-bond donors (Lipinski definition) is 0. The Morgan fingerprint density at radius 3 is 2.07 bits per heavy atom. The van der Waals surface area contributed by atoms with Crippen LogP contribution < -0.4 is 9.57 Å². The molecule has 138 valence electrons. The molecule has 0 spiro atoms. The molecule has 0 radical (unpaired) electrons. The van der Waals surface area contributed by atoms with E-state index >= 15 is 0 Å². The van der Waals surface area contributed by atoms with E-state index in [1.807, 2.05) is 60.7 Å². The molecule has 0 saturated heterocycles. The van der Waals surface area contributed by atoms with Crippen LogP contribution in [-0.4, -0.2) is 16.5 Å². The maximum atomic E-state index is 12.4. The minimum atomic E-state index is -0.486. The molecule has 0 amide bonds. The van der Waals surface area contributed by atoms with Crippen molar-refractivity contribution in [3.63, 3.8) is 0 Å². The van der Waals surface area contributed by atoms with E-state index in [4.69, 9.17) is 9.57 Å². The molecule has 0 saturated carbocycles. The highest BCUT2D eigenvalue weighted by atomic mass is 16.7. The van der Waals surface area contributed by atoms with Gasteiger partial charge in [-0.25, -0.2) is 0 Å². The van der Waals surface area contributed by atoms with Crippen molar-refractivity contribution in [2.45, 2.75) is 27.4 Å². The fourth-order valence-corrected chi connectivity index (χ4v) is 2.98. The summed E-state index contributed by atoms with van der Waals surface area (Å²) in [5, 5.41) is 0. The largest absolute Gasteiger partial charge is 0.424 e. The average molecular weight is 363 g/mol. The first-order valence-electron chi connectivity index (χ1n) is 8.66. The van der Waals surface area contributed by atoms with Gasteiger partial charge in [-0.2, -0.15) is 4.73 Å². The summed E-state index contributed by atoms with van der Waals surface area (Å²) in [6, 6.07) is 19.2. The van der Waals surface area contributed by atoms with Gasteiger partial charge in [0.1, 0.15) is 12.3 Å². The summed E-state index contributed by atoms with van der Waals surface area (Å²) >= 11 is 0. The highest BCUT2D eigenvalue weighted by molar-refractivity contribution is 6.04. The van der Waals surface area contributed by atoms with Gasteiger partial charge >= 0.3 is 5.97 Å². The van der Waals surface area contributed by atoms with Crippen LogP contribution in [0.1, 0.15) is 35.5 Å². The Morgan fingerprint density at radius 1 is 0.926 bits per heavy atom. The van der Waals surface area contributed by atoms with Crippen LogP contribution >= 0.6 is 0 Å². The number of rotatable bonds is 6. The molecule has 5 heteroatoms. The molecule has 0 N–H and O–H groups in total. The number of ketones is 1. The smallest absolute Gasteiger partial charge is 0.308 e. The van der Waals surface area contributed by atoms with E-state index in [2.05, 4.69) is 0 Å². The number of ether oxygens (including phenoxy) is 1. The normalized spacial score (nSPS) is 10.5. The lowest BCUT2D eigenvalue weighted by Crippen LogP contribution is -2.14. The van der Waals surface area contributed by atoms with Gasteiger partial charge in [0, 0.05) is 12.5 Å². The van der Waals surface area contributed by atoms with Gasteiger partial charge in [-0.3, -0.25) is 9.59 Å². The number of benzene rings is 2. The molecule has 0 bridgehead atoms. The SMILES string of the molecule is CC(=O)Oc1c(C(C)=O)c(-c2ccccc2)n(OCc2ccccc2)c1C. The maximum absolute atomic E-state index is 12.4. The topological polar surface area (TPSA) is 57.5 Å². The van der Waals surface area contributed by atoms with Crippen LogP contribution in [0, 0.1) is 6.92 Å². The van der Waals surface area contributed by atoms with Crippen molar-refractivity contribution in [2.75, 3.05) is 0 Å². The fourth-order valence-electron chi connectivity index (χ4n) is 2.98. The molecular weight excluding hydrogens is 342 g/mol. The molecule has 1 aromatic heterocycles. The average Bonchev–Trinajstić information content (AvgIpc) is 2.93. The standard InChI is InChI=1S/C22H21NO4/c1-15-22(27-17(3)25)20(16(2)24)21(19-12-8-5-9-13-19)23(15)26-14-18-10-6-4-7-11-18/h4-13H,14H2,1-3H3. The Kier molecular flexibility index (Phi) is 5.41. The van der Waals surface area contributed by atoms with Gasteiger partial charge in [0.25, 0.3) is 0 Å². The summed E-state index contributed by atoms with van der Waals surface area (Å²) in [6.07, 6.45) is 0. The zero-order chi connectivity index (χ0) is 19.4. The van der Waals surface area contributed by atoms with Gasteiger partial charge in [-0.15, -0.1) is 0 Å². The van der Waals surface area contributed by atoms with Crippen LogP contribution in [0.5, 0.6) is 5.75 Å². The van der Waals surface area contributed by atoms with E-state index in [-0.39, 0.29) is 11.5 Å². The van der Waals surface area contributed by atoms with Gasteiger partial charge in [-0.1, -0.05) is 60.7 Å². The number of Topliss-reactive ketones (excluding diaryl/α,β-unsaturated/α-hetero) is 1. The van der Waals surface area contributed by atoms with Gasteiger partial charge in [0.15, 0.2) is 11.5 Å². The van der Waals surface area contributed by atoms with E-state index in [0.717, 1.165) is 11.1 Å². The molecule has 0 aliphatic heterocycles. The third-order valence-corrected chi connectivity index (χ3v) is 4.15. The third kappa shape index (κ3) is 3.92. The van der Waals surface area contributed by atoms with Gasteiger partial charge in [-0.05, 0) is 19.4 Å². The summed E-state index contributed by atoms with van der Waals surface area (Å²) < 4.78 is 6.95. The maximum Gasteiger partial charge on any atom is 0.308 e. The summed E-state index contributed by atoms with van der Waals surface area (Å²) in [7, 11) is 0. The van der Waals surface area contributed by atoms with Gasteiger partial charge < -0.3 is 9.57 Å². The van der Waals surface area contributed by atoms with Crippen LogP contribution in [0.15, 0.2) is 60.7 Å². The molecular formula is C22H21NO4. The lowest BCUT2D eigenvalue weighted by atomic mass is 10.0. The molecule has 3 aromatic rings. The quantitative estimate of drug-likeness (QED) is 0.486. The predicted octanol–water partition coefficient (Wildman–Crippen LogP) is 4.22. The molecule has 1 heterocycles. The number of nitrogens with zero attached hydrogens (tertiary/aromatic N) is 1. The highest BCUT2D eigenvalue weighted by Gasteiger charge is 2.28. The first-order chi connectivity index (χ1) is 13.0. The fraction of sp³-hybridized carbons (Fsp3) is 0.182. The first kappa shape index (κ1) is 18.5. The van der Waals surface area contributed by atoms with Crippen molar-refractivity contribution in [3.8, 4) is 17.0 Å². The van der Waals surface area contributed by atoms with E-state index in [1.54, 1.807) is 11.7 Å². The molecule has 0 unspecified atom stereocenters. The summed E-state index contributed by atoms with van der Waals surface area (Å²) in [5.74, 6) is -0.447. The Morgan fingerprint density at radius 2 is 1.52 bits per heavy atom. The van der Waals surface area contributed by atoms with Crippen LogP contribution in [0.25, 0.3) is 11.3 Å². The molecule has 0 atom stereocenters. The highest BCUT2D eigenvalue weighted by Crippen LogP contribution is 2.37. The zero-order valence-corrected chi connectivity index (χ0v) is 15.6. The number of aromatic nitrogens is 1. The predicted molar refractivity (Wildman–Crippen MR) is 103 cm³/mol. The second-order valence-electron chi connectivity index (χ2n) is 6.21. The Hall–Kier alpha value is -3.34. The van der Waals surface area contributed by atoms with Crippen LogP contribution in [0.2, 0.25) is 0 Å². The Labute approximate surface area is 158 Å². The number of carbonyl (C=O) groups is 2. The lowest BCUT2D eigenvalue weighted by Gasteiger charge is -2.14. The summed E-state index contributed by atoms with van der Waals surface area (Å²) in [6.45, 7) is 4.85. The summed E-state index contributed by atoms with van der Waals surface area (Å²) in [4.78, 5) is 30.0. The van der Waals surface area contributed by atoms with Gasteiger partial charge in [0.05, 0.1) is 11.3 Å². The molecule has 2 aromatic carbocycles. The summed E-state index contributed by atoms with van der Waals surface area (Å²) in [5.41, 5.74) is 3.26. The molecule has 0 aliphatic rings. The lowest BCUT2D eigenvalue weighted by molar-refractivity contribution is -0.131. The van der Waals surface area contributed by atoms with Crippen molar-refractivity contribution >= 4 is 11.8 Å². The Bertz CT molecular complexity index is 959. The molecule has 5 nitrogen and oxygen atoms in total. The van der Waals surface area contributed by atoms with E-state index < -0.39 is 5.97 Å². The minimum Gasteiger partial charge on any atom is -0.424 e. The number of carbonyl (C=O) groups excluding carboxylic acids is 2. The monoisotopic (exact) mass is 363 g/mol. The minimum absolute atomic E-state index is 0.199.